The van der Waals surface area contributed by atoms with Crippen LogP contribution >= 0.6 is 31.9 Å². The summed E-state index contributed by atoms with van der Waals surface area (Å²) in [5.41, 5.74) is 3.42. The predicted molar refractivity (Wildman–Crippen MR) is 147 cm³/mol. The minimum atomic E-state index is -1.33. The molecule has 0 amide bonds. The van der Waals surface area contributed by atoms with Gasteiger partial charge in [-0.3, -0.25) is 9.59 Å². The fraction of sp³-hybridized carbons (Fsp3) is 0.133. The summed E-state index contributed by atoms with van der Waals surface area (Å²) in [5, 5.41) is 21.7. The van der Waals surface area contributed by atoms with Crippen LogP contribution in [0.4, 0.5) is 0 Å². The van der Waals surface area contributed by atoms with Crippen molar-refractivity contribution in [3.8, 4) is 22.3 Å². The third-order valence-electron chi connectivity index (χ3n) is 7.09. The van der Waals surface area contributed by atoms with Crippen LogP contribution in [0, 0.1) is 0 Å². The average molecular weight is 606 g/mol. The Kier molecular flexibility index (Phi) is 6.12. The third kappa shape index (κ3) is 3.80. The molecule has 4 nitrogen and oxygen atoms in total. The molecule has 2 N–H and O–H groups in total. The summed E-state index contributed by atoms with van der Waals surface area (Å²) in [7, 11) is 0. The van der Waals surface area contributed by atoms with Crippen molar-refractivity contribution in [1.29, 1.82) is 0 Å². The van der Waals surface area contributed by atoms with Crippen LogP contribution < -0.4 is 0 Å². The number of hydrogen-bond acceptors (Lipinski definition) is 4. The van der Waals surface area contributed by atoms with Gasteiger partial charge in [-0.1, -0.05) is 92.5 Å². The number of fused-ring (bicyclic) bond motifs is 6. The maximum Gasteiger partial charge on any atom is 0.234 e. The molecule has 0 aromatic heterocycles. The highest BCUT2D eigenvalue weighted by atomic mass is 79.9. The molecule has 4 aromatic carbocycles. The number of carbonyl (C=O) groups excluding carboxylic acids is 2. The molecule has 0 saturated carbocycles. The Morgan fingerprint density at radius 1 is 0.528 bits per heavy atom. The minimum absolute atomic E-state index is 0.425. The normalized spacial score (nSPS) is 21.4. The fourth-order valence-corrected chi connectivity index (χ4v) is 5.64. The second-order valence-electron chi connectivity index (χ2n) is 9.27. The Labute approximate surface area is 225 Å². The van der Waals surface area contributed by atoms with Crippen molar-refractivity contribution in [2.24, 2.45) is 0 Å². The van der Waals surface area contributed by atoms with E-state index in [9.17, 15) is 19.8 Å². The van der Waals surface area contributed by atoms with E-state index in [4.69, 9.17) is 0 Å². The third-order valence-corrected chi connectivity index (χ3v) is 8.08. The Balaban J connectivity index is 0.000000149. The first-order valence-electron chi connectivity index (χ1n) is 11.4. The van der Waals surface area contributed by atoms with Gasteiger partial charge in [0.2, 0.25) is 11.6 Å². The molecule has 0 saturated heterocycles. The minimum Gasteiger partial charge on any atom is -0.382 e. The first-order valence-corrected chi connectivity index (χ1v) is 13.0. The fourth-order valence-electron chi connectivity index (χ4n) is 4.92. The van der Waals surface area contributed by atoms with Gasteiger partial charge in [0.05, 0.1) is 0 Å². The zero-order valence-corrected chi connectivity index (χ0v) is 22.7. The van der Waals surface area contributed by atoms with Crippen molar-refractivity contribution in [1.82, 2.24) is 0 Å². The highest BCUT2D eigenvalue weighted by Crippen LogP contribution is 2.51. The summed E-state index contributed by atoms with van der Waals surface area (Å²) in [4.78, 5) is 23.9. The zero-order chi connectivity index (χ0) is 25.8. The maximum absolute atomic E-state index is 12.0. The molecule has 2 aliphatic rings. The Bertz CT molecular complexity index is 1550. The maximum atomic E-state index is 12.0. The highest BCUT2D eigenvalue weighted by Gasteiger charge is 2.50. The van der Waals surface area contributed by atoms with Crippen LogP contribution in [-0.4, -0.2) is 21.8 Å². The number of benzene rings is 4. The van der Waals surface area contributed by atoms with Gasteiger partial charge >= 0.3 is 0 Å². The van der Waals surface area contributed by atoms with Gasteiger partial charge in [-0.15, -0.1) is 0 Å². The molecule has 6 heteroatoms. The lowest BCUT2D eigenvalue weighted by Gasteiger charge is -2.45. The van der Waals surface area contributed by atoms with Crippen molar-refractivity contribution in [3.05, 3.63) is 116 Å². The molecule has 0 aliphatic heterocycles. The van der Waals surface area contributed by atoms with E-state index in [1.165, 1.54) is 0 Å². The van der Waals surface area contributed by atoms with Gasteiger partial charge in [0, 0.05) is 20.1 Å². The van der Waals surface area contributed by atoms with E-state index in [0.717, 1.165) is 42.3 Å². The van der Waals surface area contributed by atoms with E-state index in [2.05, 4.69) is 31.9 Å². The molecule has 0 radical (unpaired) electrons. The number of rotatable bonds is 0. The second-order valence-corrected chi connectivity index (χ2v) is 11.1. The monoisotopic (exact) mass is 604 g/mol. The quantitative estimate of drug-likeness (QED) is 0.211. The summed E-state index contributed by atoms with van der Waals surface area (Å²) in [5.74, 6) is -0.855. The molecule has 2 atom stereocenters. The van der Waals surface area contributed by atoms with Crippen LogP contribution in [0.2, 0.25) is 0 Å². The summed E-state index contributed by atoms with van der Waals surface area (Å²) < 4.78 is 1.69. The standard InChI is InChI=1S/C16H15BrO2.C14H7BrO2/c1-15(18)13-6-4-3-5-11(13)12-8-7-10(17)9-14(12)16(15,2)19;15-8-5-6-10-9-3-1-2-4-11(9)13(16)14(17)12(10)7-8/h3-9,18-19H,1-2H3;1-7H. The van der Waals surface area contributed by atoms with Crippen molar-refractivity contribution in [2.75, 3.05) is 0 Å². The van der Waals surface area contributed by atoms with Crippen LogP contribution in [0.15, 0.2) is 93.9 Å². The van der Waals surface area contributed by atoms with Crippen LogP contribution in [0.25, 0.3) is 22.3 Å². The van der Waals surface area contributed by atoms with Gasteiger partial charge in [-0.05, 0) is 71.5 Å². The lowest BCUT2D eigenvalue weighted by molar-refractivity contribution is -0.144. The molecule has 36 heavy (non-hydrogen) atoms. The Morgan fingerprint density at radius 2 is 0.972 bits per heavy atom. The van der Waals surface area contributed by atoms with E-state index in [1.807, 2.05) is 66.7 Å². The Hall–Kier alpha value is -2.90. The van der Waals surface area contributed by atoms with E-state index < -0.39 is 22.8 Å². The molecular formula is C30H22Br2O4. The van der Waals surface area contributed by atoms with E-state index in [-0.39, 0.29) is 0 Å². The summed E-state index contributed by atoms with van der Waals surface area (Å²) in [6.07, 6.45) is 0. The SMILES string of the molecule is CC1(O)c2ccccc2-c2ccc(Br)cc2C1(C)O.O=C1C(=O)c2cc(Br)ccc2-c2ccccc21. The predicted octanol–water partition coefficient (Wildman–Crippen LogP) is 7.04. The van der Waals surface area contributed by atoms with Gasteiger partial charge in [0.1, 0.15) is 11.2 Å². The van der Waals surface area contributed by atoms with Gasteiger partial charge in [-0.2, -0.15) is 0 Å². The average Bonchev–Trinajstić information content (AvgIpc) is 2.87. The van der Waals surface area contributed by atoms with E-state index >= 15 is 0 Å². The van der Waals surface area contributed by atoms with Gasteiger partial charge in [0.15, 0.2) is 0 Å². The highest BCUT2D eigenvalue weighted by molar-refractivity contribution is 9.10. The van der Waals surface area contributed by atoms with E-state index in [0.29, 0.717) is 11.1 Å². The van der Waals surface area contributed by atoms with Gasteiger partial charge in [0.25, 0.3) is 0 Å². The number of hydrogen-bond donors (Lipinski definition) is 2. The molecule has 0 spiro atoms. The van der Waals surface area contributed by atoms with Crippen molar-refractivity contribution in [2.45, 2.75) is 25.0 Å². The molecule has 4 aromatic rings. The Morgan fingerprint density at radius 3 is 1.67 bits per heavy atom. The lowest BCUT2D eigenvalue weighted by atomic mass is 9.67. The topological polar surface area (TPSA) is 74.6 Å². The van der Waals surface area contributed by atoms with Gasteiger partial charge < -0.3 is 10.2 Å². The second kappa shape index (κ2) is 8.89. The molecule has 6 rings (SSSR count). The van der Waals surface area contributed by atoms with Crippen molar-refractivity contribution < 1.29 is 19.8 Å². The molecule has 0 heterocycles. The van der Waals surface area contributed by atoms with Crippen LogP contribution in [0.3, 0.4) is 0 Å². The number of ketones is 2. The summed E-state index contributed by atoms with van der Waals surface area (Å²) in [6.45, 7) is 3.32. The summed E-state index contributed by atoms with van der Waals surface area (Å²) in [6, 6.07) is 26.1. The number of carbonyl (C=O) groups is 2. The first kappa shape index (κ1) is 24.8. The zero-order valence-electron chi connectivity index (χ0n) is 19.5. The molecule has 180 valence electrons. The van der Waals surface area contributed by atoms with Crippen LogP contribution in [-0.2, 0) is 11.2 Å². The van der Waals surface area contributed by atoms with Crippen LogP contribution in [0.1, 0.15) is 45.7 Å². The van der Waals surface area contributed by atoms with Crippen molar-refractivity contribution in [3.63, 3.8) is 0 Å². The van der Waals surface area contributed by atoms with E-state index in [1.54, 1.807) is 32.0 Å². The number of Topliss-reactive ketones (excluding diaryl/α,β-unsaturated/α-hetero) is 2. The molecule has 2 aliphatic carbocycles. The largest absolute Gasteiger partial charge is 0.382 e. The molecular weight excluding hydrogens is 584 g/mol. The number of halogens is 2. The van der Waals surface area contributed by atoms with Gasteiger partial charge in [-0.25, -0.2) is 0 Å². The number of aliphatic hydroxyl groups is 2. The van der Waals surface area contributed by atoms with Crippen molar-refractivity contribution >= 4 is 43.4 Å². The van der Waals surface area contributed by atoms with Crippen LogP contribution in [0.5, 0.6) is 0 Å². The molecule has 2 unspecified atom stereocenters. The first-order chi connectivity index (χ1) is 17.0. The smallest absolute Gasteiger partial charge is 0.234 e. The lowest BCUT2D eigenvalue weighted by Crippen LogP contribution is -2.47. The molecule has 0 bridgehead atoms. The summed E-state index contributed by atoms with van der Waals surface area (Å²) >= 11 is 6.74. The molecule has 0 fully saturated rings.